The SMILES string of the molecule is COc1c(C)cc(N(C)CC(C)(C)O)cc1C. The Morgan fingerprint density at radius 3 is 2.06 bits per heavy atom. The Morgan fingerprint density at radius 2 is 1.71 bits per heavy atom. The summed E-state index contributed by atoms with van der Waals surface area (Å²) in [6.45, 7) is 8.29. The zero-order valence-corrected chi connectivity index (χ0v) is 11.7. The molecule has 1 N–H and O–H groups in total. The second-order valence-electron chi connectivity index (χ2n) is 5.28. The van der Waals surface area contributed by atoms with Crippen molar-refractivity contribution in [2.75, 3.05) is 25.6 Å². The van der Waals surface area contributed by atoms with Crippen molar-refractivity contribution in [1.82, 2.24) is 0 Å². The van der Waals surface area contributed by atoms with Crippen molar-refractivity contribution >= 4 is 5.69 Å². The number of aliphatic hydroxyl groups is 1. The van der Waals surface area contributed by atoms with Gasteiger partial charge in [0.15, 0.2) is 0 Å². The van der Waals surface area contributed by atoms with Crippen molar-refractivity contribution in [2.24, 2.45) is 0 Å². The van der Waals surface area contributed by atoms with E-state index in [1.54, 1.807) is 7.11 Å². The first-order valence-electron chi connectivity index (χ1n) is 5.83. The first-order chi connectivity index (χ1) is 7.74. The van der Waals surface area contributed by atoms with Gasteiger partial charge in [-0.05, 0) is 51.0 Å². The van der Waals surface area contributed by atoms with Gasteiger partial charge >= 0.3 is 0 Å². The van der Waals surface area contributed by atoms with Crippen LogP contribution in [0.5, 0.6) is 5.75 Å². The maximum atomic E-state index is 9.82. The van der Waals surface area contributed by atoms with Crippen LogP contribution in [0.25, 0.3) is 0 Å². The molecular formula is C14H23NO2. The Labute approximate surface area is 104 Å². The van der Waals surface area contributed by atoms with E-state index in [2.05, 4.69) is 17.0 Å². The normalized spacial score (nSPS) is 11.5. The van der Waals surface area contributed by atoms with Gasteiger partial charge in [-0.25, -0.2) is 0 Å². The fraction of sp³-hybridized carbons (Fsp3) is 0.571. The number of methoxy groups -OCH3 is 1. The van der Waals surface area contributed by atoms with Gasteiger partial charge in [0.1, 0.15) is 5.75 Å². The summed E-state index contributed by atoms with van der Waals surface area (Å²) in [5.74, 6) is 0.936. The lowest BCUT2D eigenvalue weighted by Crippen LogP contribution is -2.36. The second-order valence-corrected chi connectivity index (χ2v) is 5.28. The number of anilines is 1. The molecule has 96 valence electrons. The van der Waals surface area contributed by atoms with E-state index in [1.165, 1.54) is 0 Å². The van der Waals surface area contributed by atoms with E-state index < -0.39 is 5.60 Å². The lowest BCUT2D eigenvalue weighted by Gasteiger charge is -2.28. The third kappa shape index (κ3) is 3.63. The molecule has 0 aliphatic heterocycles. The van der Waals surface area contributed by atoms with E-state index in [-0.39, 0.29) is 0 Å². The minimum absolute atomic E-state index is 0.595. The van der Waals surface area contributed by atoms with Gasteiger partial charge in [0.25, 0.3) is 0 Å². The molecule has 0 atom stereocenters. The molecule has 3 nitrogen and oxygen atoms in total. The van der Waals surface area contributed by atoms with E-state index >= 15 is 0 Å². The highest BCUT2D eigenvalue weighted by Crippen LogP contribution is 2.28. The van der Waals surface area contributed by atoms with Crippen LogP contribution in [-0.4, -0.2) is 31.4 Å². The molecule has 0 amide bonds. The zero-order chi connectivity index (χ0) is 13.2. The number of likely N-dealkylation sites (N-methyl/N-ethyl adjacent to an activating group) is 1. The van der Waals surface area contributed by atoms with E-state index in [1.807, 2.05) is 34.7 Å². The number of nitrogens with zero attached hydrogens (tertiary/aromatic N) is 1. The molecule has 0 unspecified atom stereocenters. The number of hydrogen-bond acceptors (Lipinski definition) is 3. The monoisotopic (exact) mass is 237 g/mol. The third-order valence-electron chi connectivity index (χ3n) is 2.71. The zero-order valence-electron chi connectivity index (χ0n) is 11.7. The summed E-state index contributed by atoms with van der Waals surface area (Å²) in [5, 5.41) is 9.82. The standard InChI is InChI=1S/C14H23NO2/c1-10-7-12(8-11(2)13(10)17-6)15(5)9-14(3,4)16/h7-8,16H,9H2,1-6H3. The van der Waals surface area contributed by atoms with Crippen LogP contribution in [-0.2, 0) is 0 Å². The molecule has 0 aromatic heterocycles. The summed E-state index contributed by atoms with van der Waals surface area (Å²) >= 11 is 0. The van der Waals surface area contributed by atoms with Crippen molar-refractivity contribution in [3.05, 3.63) is 23.3 Å². The van der Waals surface area contributed by atoms with Crippen molar-refractivity contribution in [3.63, 3.8) is 0 Å². The van der Waals surface area contributed by atoms with Gasteiger partial charge in [-0.3, -0.25) is 0 Å². The van der Waals surface area contributed by atoms with Crippen LogP contribution in [0.2, 0.25) is 0 Å². The fourth-order valence-corrected chi connectivity index (χ4v) is 2.14. The van der Waals surface area contributed by atoms with E-state index in [0.29, 0.717) is 6.54 Å². The van der Waals surface area contributed by atoms with Crippen LogP contribution >= 0.6 is 0 Å². The molecule has 1 aromatic rings. The van der Waals surface area contributed by atoms with Gasteiger partial charge in [0.05, 0.1) is 12.7 Å². The maximum Gasteiger partial charge on any atom is 0.124 e. The van der Waals surface area contributed by atoms with Gasteiger partial charge in [-0.15, -0.1) is 0 Å². The topological polar surface area (TPSA) is 32.7 Å². The Kier molecular flexibility index (Phi) is 4.04. The molecule has 1 rings (SSSR count). The van der Waals surface area contributed by atoms with Gasteiger partial charge in [-0.1, -0.05) is 0 Å². The summed E-state index contributed by atoms with van der Waals surface area (Å²) in [7, 11) is 3.67. The van der Waals surface area contributed by atoms with Crippen LogP contribution in [0.1, 0.15) is 25.0 Å². The van der Waals surface area contributed by atoms with Gasteiger partial charge in [0, 0.05) is 19.3 Å². The molecule has 0 heterocycles. The molecule has 0 saturated heterocycles. The van der Waals surface area contributed by atoms with Crippen molar-refractivity contribution in [1.29, 1.82) is 0 Å². The summed E-state index contributed by atoms with van der Waals surface area (Å²) in [5.41, 5.74) is 2.63. The number of ether oxygens (including phenoxy) is 1. The van der Waals surface area contributed by atoms with Gasteiger partial charge in [0.2, 0.25) is 0 Å². The minimum atomic E-state index is -0.698. The van der Waals surface area contributed by atoms with Gasteiger partial charge < -0.3 is 14.7 Å². The average molecular weight is 237 g/mol. The largest absolute Gasteiger partial charge is 0.496 e. The molecule has 0 spiro atoms. The van der Waals surface area contributed by atoms with Crippen molar-refractivity contribution in [2.45, 2.75) is 33.3 Å². The van der Waals surface area contributed by atoms with Crippen LogP contribution in [0.3, 0.4) is 0 Å². The molecule has 3 heteroatoms. The summed E-state index contributed by atoms with van der Waals surface area (Å²) in [6, 6.07) is 4.16. The molecule has 0 aliphatic rings. The highest BCUT2D eigenvalue weighted by atomic mass is 16.5. The lowest BCUT2D eigenvalue weighted by molar-refractivity contribution is 0.0886. The van der Waals surface area contributed by atoms with Gasteiger partial charge in [-0.2, -0.15) is 0 Å². The molecule has 0 bridgehead atoms. The molecule has 17 heavy (non-hydrogen) atoms. The summed E-state index contributed by atoms with van der Waals surface area (Å²) in [4.78, 5) is 2.06. The highest BCUT2D eigenvalue weighted by Gasteiger charge is 2.17. The number of rotatable bonds is 4. The predicted molar refractivity (Wildman–Crippen MR) is 72.0 cm³/mol. The Balaban J connectivity index is 3.00. The van der Waals surface area contributed by atoms with E-state index in [4.69, 9.17) is 4.74 Å². The quantitative estimate of drug-likeness (QED) is 0.873. The molecular weight excluding hydrogens is 214 g/mol. The summed E-state index contributed by atoms with van der Waals surface area (Å²) < 4.78 is 5.34. The molecule has 0 fully saturated rings. The van der Waals surface area contributed by atoms with Crippen LogP contribution in [0.15, 0.2) is 12.1 Å². The predicted octanol–water partition coefficient (Wildman–Crippen LogP) is 2.52. The third-order valence-corrected chi connectivity index (χ3v) is 2.71. The second kappa shape index (κ2) is 4.96. The molecule has 0 saturated carbocycles. The Bertz CT molecular complexity index is 371. The lowest BCUT2D eigenvalue weighted by atomic mass is 10.1. The van der Waals surface area contributed by atoms with E-state index in [0.717, 1.165) is 22.6 Å². The smallest absolute Gasteiger partial charge is 0.124 e. The van der Waals surface area contributed by atoms with Crippen molar-refractivity contribution in [3.8, 4) is 5.75 Å². The van der Waals surface area contributed by atoms with Crippen LogP contribution in [0.4, 0.5) is 5.69 Å². The van der Waals surface area contributed by atoms with Crippen LogP contribution in [0, 0.1) is 13.8 Å². The first kappa shape index (κ1) is 13.8. The van der Waals surface area contributed by atoms with Crippen LogP contribution < -0.4 is 9.64 Å². The number of hydrogen-bond donors (Lipinski definition) is 1. The Hall–Kier alpha value is -1.22. The maximum absolute atomic E-state index is 9.82. The molecule has 0 aliphatic carbocycles. The average Bonchev–Trinajstić information content (AvgIpc) is 2.14. The fourth-order valence-electron chi connectivity index (χ4n) is 2.14. The highest BCUT2D eigenvalue weighted by molar-refractivity contribution is 5.56. The van der Waals surface area contributed by atoms with E-state index in [9.17, 15) is 5.11 Å². The minimum Gasteiger partial charge on any atom is -0.496 e. The number of aryl methyl sites for hydroxylation is 2. The Morgan fingerprint density at radius 1 is 1.24 bits per heavy atom. The summed E-state index contributed by atoms with van der Waals surface area (Å²) in [6.07, 6.45) is 0. The molecule has 0 radical (unpaired) electrons. The molecule has 1 aromatic carbocycles. The van der Waals surface area contributed by atoms with Crippen molar-refractivity contribution < 1.29 is 9.84 Å². The first-order valence-corrected chi connectivity index (χ1v) is 5.83. The number of benzene rings is 1.